The first-order valence-corrected chi connectivity index (χ1v) is 6.96. The number of hydrogen-bond donors (Lipinski definition) is 0. The molecule has 2 aromatic rings. The van der Waals surface area contributed by atoms with E-state index in [9.17, 15) is 4.79 Å². The number of benzene rings is 1. The third-order valence-corrected chi connectivity index (χ3v) is 2.88. The maximum absolute atomic E-state index is 12.2. The van der Waals surface area contributed by atoms with E-state index >= 15 is 0 Å². The lowest BCUT2D eigenvalue weighted by Crippen LogP contribution is -2.26. The summed E-state index contributed by atoms with van der Waals surface area (Å²) in [5.41, 5.74) is 2.34. The van der Waals surface area contributed by atoms with Gasteiger partial charge in [-0.1, -0.05) is 26.0 Å². The number of imidazole rings is 1. The molecule has 0 aliphatic rings. The van der Waals surface area contributed by atoms with Crippen molar-refractivity contribution in [3.63, 3.8) is 0 Å². The number of fused-ring (bicyclic) bond motifs is 1. The SMILES string of the molecule is CC(C)Cc1cccc2c1ncn2C(=O)OC(C)(C)C. The van der Waals surface area contributed by atoms with E-state index in [-0.39, 0.29) is 6.09 Å². The van der Waals surface area contributed by atoms with Gasteiger partial charge in [-0.25, -0.2) is 14.3 Å². The van der Waals surface area contributed by atoms with Gasteiger partial charge in [0, 0.05) is 0 Å². The number of rotatable bonds is 2. The highest BCUT2D eigenvalue weighted by molar-refractivity contribution is 5.88. The van der Waals surface area contributed by atoms with Crippen LogP contribution in [0.3, 0.4) is 0 Å². The Morgan fingerprint density at radius 1 is 1.35 bits per heavy atom. The van der Waals surface area contributed by atoms with Gasteiger partial charge < -0.3 is 4.74 Å². The molecule has 0 saturated heterocycles. The fourth-order valence-electron chi connectivity index (χ4n) is 2.16. The number of hydrogen-bond acceptors (Lipinski definition) is 3. The van der Waals surface area contributed by atoms with Gasteiger partial charge >= 0.3 is 6.09 Å². The Morgan fingerprint density at radius 3 is 2.65 bits per heavy atom. The van der Waals surface area contributed by atoms with Crippen molar-refractivity contribution in [3.05, 3.63) is 30.1 Å². The van der Waals surface area contributed by atoms with E-state index in [4.69, 9.17) is 4.74 Å². The molecular formula is C16H22N2O2. The van der Waals surface area contributed by atoms with E-state index in [0.717, 1.165) is 17.5 Å². The van der Waals surface area contributed by atoms with Crippen molar-refractivity contribution < 1.29 is 9.53 Å². The summed E-state index contributed by atoms with van der Waals surface area (Å²) < 4.78 is 6.87. The number of carbonyl (C=O) groups is 1. The maximum atomic E-state index is 12.2. The molecule has 0 unspecified atom stereocenters. The van der Waals surface area contributed by atoms with Crippen LogP contribution in [-0.4, -0.2) is 21.2 Å². The molecule has 0 N–H and O–H groups in total. The van der Waals surface area contributed by atoms with E-state index in [2.05, 4.69) is 24.9 Å². The van der Waals surface area contributed by atoms with Gasteiger partial charge in [-0.3, -0.25) is 0 Å². The van der Waals surface area contributed by atoms with Gasteiger partial charge in [-0.05, 0) is 44.7 Å². The highest BCUT2D eigenvalue weighted by Crippen LogP contribution is 2.21. The lowest BCUT2D eigenvalue weighted by Gasteiger charge is -2.19. The predicted molar refractivity (Wildman–Crippen MR) is 79.9 cm³/mol. The summed E-state index contributed by atoms with van der Waals surface area (Å²) in [5, 5.41) is 0. The Morgan fingerprint density at radius 2 is 2.05 bits per heavy atom. The number of aromatic nitrogens is 2. The molecule has 4 nitrogen and oxygen atoms in total. The van der Waals surface area contributed by atoms with Crippen molar-refractivity contribution in [1.82, 2.24) is 9.55 Å². The van der Waals surface area contributed by atoms with Crippen molar-refractivity contribution in [1.29, 1.82) is 0 Å². The van der Waals surface area contributed by atoms with E-state index in [1.54, 1.807) is 6.33 Å². The normalized spacial score (nSPS) is 12.1. The van der Waals surface area contributed by atoms with Crippen molar-refractivity contribution in [2.24, 2.45) is 5.92 Å². The largest absolute Gasteiger partial charge is 0.443 e. The fourth-order valence-corrected chi connectivity index (χ4v) is 2.16. The first kappa shape index (κ1) is 14.6. The number of para-hydroxylation sites is 1. The number of nitrogens with zero attached hydrogens (tertiary/aromatic N) is 2. The van der Waals surface area contributed by atoms with Crippen LogP contribution < -0.4 is 0 Å². The summed E-state index contributed by atoms with van der Waals surface area (Å²) in [6, 6.07) is 5.92. The van der Waals surface area contributed by atoms with Crippen LogP contribution in [0.2, 0.25) is 0 Å². The first-order valence-electron chi connectivity index (χ1n) is 6.96. The average Bonchev–Trinajstić information content (AvgIpc) is 2.70. The Hall–Kier alpha value is -1.84. The highest BCUT2D eigenvalue weighted by atomic mass is 16.6. The van der Waals surface area contributed by atoms with Crippen LogP contribution in [0.15, 0.2) is 24.5 Å². The molecule has 0 saturated carbocycles. The summed E-state index contributed by atoms with van der Waals surface area (Å²) in [4.78, 5) is 16.6. The summed E-state index contributed by atoms with van der Waals surface area (Å²) in [7, 11) is 0. The molecule has 0 amide bonds. The molecule has 20 heavy (non-hydrogen) atoms. The van der Waals surface area contributed by atoms with Crippen LogP contribution >= 0.6 is 0 Å². The van der Waals surface area contributed by atoms with Crippen molar-refractivity contribution in [2.75, 3.05) is 0 Å². The van der Waals surface area contributed by atoms with Crippen molar-refractivity contribution >= 4 is 17.1 Å². The van der Waals surface area contributed by atoms with E-state index in [1.807, 2.05) is 32.9 Å². The number of carbonyl (C=O) groups excluding carboxylic acids is 1. The fraction of sp³-hybridized carbons (Fsp3) is 0.500. The van der Waals surface area contributed by atoms with E-state index in [1.165, 1.54) is 10.1 Å². The minimum atomic E-state index is -0.511. The van der Waals surface area contributed by atoms with Gasteiger partial charge in [0.25, 0.3) is 0 Å². The Labute approximate surface area is 119 Å². The lowest BCUT2D eigenvalue weighted by atomic mass is 10.0. The van der Waals surface area contributed by atoms with Crippen LogP contribution in [0.1, 0.15) is 40.2 Å². The molecule has 1 heterocycles. The topological polar surface area (TPSA) is 44.1 Å². The van der Waals surface area contributed by atoms with Gasteiger partial charge in [0.2, 0.25) is 0 Å². The van der Waals surface area contributed by atoms with Gasteiger partial charge in [-0.2, -0.15) is 0 Å². The van der Waals surface area contributed by atoms with Gasteiger partial charge in [0.15, 0.2) is 0 Å². The molecule has 0 atom stereocenters. The lowest BCUT2D eigenvalue weighted by molar-refractivity contribution is 0.0543. The average molecular weight is 274 g/mol. The zero-order chi connectivity index (χ0) is 14.9. The minimum Gasteiger partial charge on any atom is -0.443 e. The summed E-state index contributed by atoms with van der Waals surface area (Å²) in [6.45, 7) is 9.91. The van der Waals surface area contributed by atoms with Crippen LogP contribution in [0.4, 0.5) is 4.79 Å². The smallest absolute Gasteiger partial charge is 0.420 e. The molecule has 0 aliphatic heterocycles. The first-order chi connectivity index (χ1) is 9.28. The van der Waals surface area contributed by atoms with E-state index < -0.39 is 5.60 Å². The Kier molecular flexibility index (Phi) is 3.84. The van der Waals surface area contributed by atoms with E-state index in [0.29, 0.717) is 5.92 Å². The van der Waals surface area contributed by atoms with Crippen molar-refractivity contribution in [2.45, 2.75) is 46.6 Å². The third kappa shape index (κ3) is 3.18. The Bertz CT molecular complexity index is 621. The number of ether oxygens (including phenoxy) is 1. The molecule has 0 aliphatic carbocycles. The van der Waals surface area contributed by atoms with Crippen LogP contribution in [-0.2, 0) is 11.2 Å². The second-order valence-electron chi connectivity index (χ2n) is 6.48. The van der Waals surface area contributed by atoms with Crippen LogP contribution in [0, 0.1) is 5.92 Å². The van der Waals surface area contributed by atoms with Crippen LogP contribution in [0.25, 0.3) is 11.0 Å². The van der Waals surface area contributed by atoms with Gasteiger partial charge in [0.1, 0.15) is 11.9 Å². The molecule has 108 valence electrons. The molecule has 1 aromatic heterocycles. The van der Waals surface area contributed by atoms with Crippen LogP contribution in [0.5, 0.6) is 0 Å². The molecular weight excluding hydrogens is 252 g/mol. The molecule has 4 heteroatoms. The quantitative estimate of drug-likeness (QED) is 0.830. The third-order valence-electron chi connectivity index (χ3n) is 2.88. The molecule has 0 fully saturated rings. The molecule has 1 aromatic carbocycles. The zero-order valence-corrected chi connectivity index (χ0v) is 12.8. The highest BCUT2D eigenvalue weighted by Gasteiger charge is 2.20. The maximum Gasteiger partial charge on any atom is 0.420 e. The summed E-state index contributed by atoms with van der Waals surface area (Å²) in [6.07, 6.45) is 2.10. The van der Waals surface area contributed by atoms with Gasteiger partial charge in [-0.15, -0.1) is 0 Å². The van der Waals surface area contributed by atoms with Gasteiger partial charge in [0.05, 0.1) is 11.0 Å². The second-order valence-corrected chi connectivity index (χ2v) is 6.48. The van der Waals surface area contributed by atoms with Crippen molar-refractivity contribution in [3.8, 4) is 0 Å². The molecule has 0 bridgehead atoms. The minimum absolute atomic E-state index is 0.387. The standard InChI is InChI=1S/C16H22N2O2/c1-11(2)9-12-7-6-8-13-14(12)17-10-18(13)15(19)20-16(3,4)5/h6-8,10-11H,9H2,1-5H3. The Balaban J connectivity index is 2.40. The molecule has 0 radical (unpaired) electrons. The zero-order valence-electron chi connectivity index (χ0n) is 12.8. The molecule has 2 rings (SSSR count). The predicted octanol–water partition coefficient (Wildman–Crippen LogP) is 4.02. The second kappa shape index (κ2) is 5.27. The molecule has 0 spiro atoms. The monoisotopic (exact) mass is 274 g/mol. The summed E-state index contributed by atoms with van der Waals surface area (Å²) >= 11 is 0. The summed E-state index contributed by atoms with van der Waals surface area (Å²) in [5.74, 6) is 0.548.